The molecule has 0 aromatic carbocycles. The largest absolute Gasteiger partial charge is 0.417 e. The lowest BCUT2D eigenvalue weighted by molar-refractivity contribution is -0.137. The lowest BCUT2D eigenvalue weighted by Gasteiger charge is -2.09. The molecule has 0 saturated heterocycles. The number of imidazole rings is 1. The molecule has 0 radical (unpaired) electrons. The first-order chi connectivity index (χ1) is 12.8. The molecule has 0 saturated carbocycles. The van der Waals surface area contributed by atoms with Gasteiger partial charge in [-0.2, -0.15) is 13.2 Å². The number of thiophene rings is 1. The molecular formula is C16H12ClF3N4OS2. The van der Waals surface area contributed by atoms with Crippen LogP contribution in [-0.2, 0) is 19.8 Å². The maximum atomic E-state index is 12.7. The molecular weight excluding hydrogens is 421 g/mol. The summed E-state index contributed by atoms with van der Waals surface area (Å²) in [6, 6.07) is 4.62. The zero-order valence-corrected chi connectivity index (χ0v) is 16.1. The van der Waals surface area contributed by atoms with Crippen molar-refractivity contribution in [2.45, 2.75) is 22.9 Å². The second-order valence-electron chi connectivity index (χ2n) is 5.36. The van der Waals surface area contributed by atoms with Crippen molar-refractivity contribution in [3.63, 3.8) is 0 Å². The van der Waals surface area contributed by atoms with Crippen LogP contribution < -0.4 is 5.32 Å². The highest BCUT2D eigenvalue weighted by Crippen LogP contribution is 2.35. The molecule has 142 valence electrons. The van der Waals surface area contributed by atoms with Crippen molar-refractivity contribution >= 4 is 40.6 Å². The summed E-state index contributed by atoms with van der Waals surface area (Å²) in [6.45, 7) is 0.399. The van der Waals surface area contributed by atoms with Gasteiger partial charge in [-0.15, -0.1) is 11.3 Å². The molecule has 3 aromatic heterocycles. The van der Waals surface area contributed by atoms with Crippen molar-refractivity contribution in [2.75, 3.05) is 0 Å². The quantitative estimate of drug-likeness (QED) is 0.638. The molecule has 0 aliphatic carbocycles. The number of amides is 1. The van der Waals surface area contributed by atoms with Crippen LogP contribution in [0.3, 0.4) is 0 Å². The Kier molecular flexibility index (Phi) is 5.78. The standard InChI is InChI=1S/C16H12ClF3N4OS2/c1-24-12(13(25)21-7-10-3-2-4-26-10)8-23-15(24)27-14-11(17)5-9(6-22-14)16(18,19)20/h2-6,8H,7H2,1H3,(H,21,25). The molecule has 27 heavy (non-hydrogen) atoms. The van der Waals surface area contributed by atoms with Gasteiger partial charge in [0, 0.05) is 18.1 Å². The van der Waals surface area contributed by atoms with Crippen LogP contribution in [0.25, 0.3) is 0 Å². The minimum atomic E-state index is -4.52. The Balaban J connectivity index is 1.73. The predicted octanol–water partition coefficient (Wildman–Crippen LogP) is 4.63. The molecule has 3 rings (SSSR count). The van der Waals surface area contributed by atoms with Crippen molar-refractivity contribution in [1.29, 1.82) is 0 Å². The number of halogens is 4. The molecule has 0 unspecified atom stereocenters. The fourth-order valence-corrected chi connectivity index (χ4v) is 3.81. The third kappa shape index (κ3) is 4.63. The molecule has 1 amide bonds. The molecule has 3 aromatic rings. The Morgan fingerprint density at radius 2 is 2.15 bits per heavy atom. The predicted molar refractivity (Wildman–Crippen MR) is 97.1 cm³/mol. The van der Waals surface area contributed by atoms with E-state index in [1.54, 1.807) is 7.05 Å². The summed E-state index contributed by atoms with van der Waals surface area (Å²) in [7, 11) is 1.63. The van der Waals surface area contributed by atoms with Gasteiger partial charge in [0.25, 0.3) is 5.91 Å². The van der Waals surface area contributed by atoms with Gasteiger partial charge in [-0.1, -0.05) is 17.7 Å². The van der Waals surface area contributed by atoms with E-state index in [1.807, 2.05) is 17.5 Å². The monoisotopic (exact) mass is 432 g/mol. The van der Waals surface area contributed by atoms with Crippen LogP contribution in [0.15, 0.2) is 46.2 Å². The van der Waals surface area contributed by atoms with Gasteiger partial charge in [0.1, 0.15) is 10.7 Å². The number of alkyl halides is 3. The van der Waals surface area contributed by atoms with E-state index in [2.05, 4.69) is 15.3 Å². The van der Waals surface area contributed by atoms with E-state index in [1.165, 1.54) is 22.1 Å². The number of hydrogen-bond acceptors (Lipinski definition) is 5. The lowest BCUT2D eigenvalue weighted by atomic mass is 10.3. The maximum Gasteiger partial charge on any atom is 0.417 e. The molecule has 0 aliphatic rings. The number of pyridine rings is 1. The molecule has 0 aliphatic heterocycles. The number of aromatic nitrogens is 3. The minimum Gasteiger partial charge on any atom is -0.346 e. The number of carbonyl (C=O) groups excluding carboxylic acids is 1. The van der Waals surface area contributed by atoms with E-state index >= 15 is 0 Å². The average molecular weight is 433 g/mol. The fraction of sp³-hybridized carbons (Fsp3) is 0.188. The summed E-state index contributed by atoms with van der Waals surface area (Å²) in [5.74, 6) is -0.309. The van der Waals surface area contributed by atoms with Gasteiger partial charge in [0.15, 0.2) is 5.16 Å². The Labute approximate surface area is 165 Å². The van der Waals surface area contributed by atoms with Gasteiger partial charge in [-0.3, -0.25) is 4.79 Å². The van der Waals surface area contributed by atoms with Gasteiger partial charge >= 0.3 is 6.18 Å². The maximum absolute atomic E-state index is 12.7. The highest BCUT2D eigenvalue weighted by molar-refractivity contribution is 7.99. The Hall–Kier alpha value is -2.04. The first kappa shape index (κ1) is 19.7. The fourth-order valence-electron chi connectivity index (χ4n) is 2.11. The molecule has 0 spiro atoms. The summed E-state index contributed by atoms with van der Waals surface area (Å²) < 4.78 is 39.6. The van der Waals surface area contributed by atoms with Crippen LogP contribution in [0.5, 0.6) is 0 Å². The van der Waals surface area contributed by atoms with Crippen LogP contribution in [-0.4, -0.2) is 20.4 Å². The summed E-state index contributed by atoms with van der Waals surface area (Å²) in [4.78, 5) is 21.2. The number of hydrogen-bond donors (Lipinski definition) is 1. The summed E-state index contributed by atoms with van der Waals surface area (Å²) in [6.07, 6.45) is -2.41. The highest BCUT2D eigenvalue weighted by Gasteiger charge is 2.31. The second kappa shape index (κ2) is 7.91. The van der Waals surface area contributed by atoms with Crippen LogP contribution in [0.4, 0.5) is 13.2 Å². The third-order valence-corrected chi connectivity index (χ3v) is 5.86. The van der Waals surface area contributed by atoms with E-state index in [4.69, 9.17) is 11.6 Å². The average Bonchev–Trinajstić information content (AvgIpc) is 3.24. The summed E-state index contributed by atoms with van der Waals surface area (Å²) in [5, 5.41) is 5.12. The molecule has 11 heteroatoms. The van der Waals surface area contributed by atoms with Gasteiger partial charge in [-0.05, 0) is 29.3 Å². The first-order valence-corrected chi connectivity index (χ1v) is 9.56. The SMILES string of the molecule is Cn1c(C(=O)NCc2cccs2)cnc1Sc1ncc(C(F)(F)F)cc1Cl. The number of nitrogens with zero attached hydrogens (tertiary/aromatic N) is 3. The van der Waals surface area contributed by atoms with Gasteiger partial charge in [0.2, 0.25) is 0 Å². The topological polar surface area (TPSA) is 59.8 Å². The minimum absolute atomic E-state index is 0.137. The van der Waals surface area contributed by atoms with Crippen molar-refractivity contribution in [2.24, 2.45) is 7.05 Å². The zero-order valence-electron chi connectivity index (χ0n) is 13.7. The van der Waals surface area contributed by atoms with Crippen molar-refractivity contribution in [3.05, 3.63) is 57.1 Å². The molecule has 3 heterocycles. The number of nitrogens with one attached hydrogen (secondary N) is 1. The van der Waals surface area contributed by atoms with Crippen molar-refractivity contribution in [1.82, 2.24) is 19.9 Å². The van der Waals surface area contributed by atoms with Crippen LogP contribution in [0, 0.1) is 0 Å². The lowest BCUT2D eigenvalue weighted by Crippen LogP contribution is -2.24. The molecule has 0 bridgehead atoms. The summed E-state index contributed by atoms with van der Waals surface area (Å²) >= 11 is 8.42. The Morgan fingerprint density at radius 1 is 1.37 bits per heavy atom. The van der Waals surface area contributed by atoms with E-state index in [-0.39, 0.29) is 16.0 Å². The van der Waals surface area contributed by atoms with Crippen molar-refractivity contribution in [3.8, 4) is 0 Å². The van der Waals surface area contributed by atoms with E-state index in [0.29, 0.717) is 23.6 Å². The number of carbonyl (C=O) groups is 1. The van der Waals surface area contributed by atoms with Crippen LogP contribution >= 0.6 is 34.7 Å². The Bertz CT molecular complexity index is 957. The van der Waals surface area contributed by atoms with E-state index in [0.717, 1.165) is 22.7 Å². The highest BCUT2D eigenvalue weighted by atomic mass is 35.5. The Morgan fingerprint density at radius 3 is 2.78 bits per heavy atom. The third-order valence-electron chi connectivity index (χ3n) is 3.50. The molecule has 5 nitrogen and oxygen atoms in total. The van der Waals surface area contributed by atoms with E-state index < -0.39 is 11.7 Å². The zero-order chi connectivity index (χ0) is 19.6. The van der Waals surface area contributed by atoms with Gasteiger partial charge in [-0.25, -0.2) is 9.97 Å². The molecule has 0 fully saturated rings. The molecule has 1 N–H and O–H groups in total. The normalized spacial score (nSPS) is 11.6. The van der Waals surface area contributed by atoms with Crippen molar-refractivity contribution < 1.29 is 18.0 Å². The van der Waals surface area contributed by atoms with E-state index in [9.17, 15) is 18.0 Å². The molecule has 0 atom stereocenters. The van der Waals surface area contributed by atoms with Gasteiger partial charge in [0.05, 0.1) is 23.3 Å². The van der Waals surface area contributed by atoms with Gasteiger partial charge < -0.3 is 9.88 Å². The first-order valence-electron chi connectivity index (χ1n) is 7.48. The van der Waals surface area contributed by atoms with Crippen LogP contribution in [0.2, 0.25) is 5.02 Å². The van der Waals surface area contributed by atoms with Crippen LogP contribution in [0.1, 0.15) is 20.9 Å². The summed E-state index contributed by atoms with van der Waals surface area (Å²) in [5.41, 5.74) is -0.609. The second-order valence-corrected chi connectivity index (χ2v) is 7.75. The smallest absolute Gasteiger partial charge is 0.346 e. The number of rotatable bonds is 5.